The molecule has 0 radical (unpaired) electrons. The van der Waals surface area contributed by atoms with Gasteiger partial charge in [-0.15, -0.1) is 0 Å². The van der Waals surface area contributed by atoms with E-state index in [1.807, 2.05) is 0 Å². The Kier molecular flexibility index (Phi) is 4.77. The molecule has 5 heteroatoms. The fourth-order valence-corrected chi connectivity index (χ4v) is 1.95. The average Bonchev–Trinajstić information content (AvgIpc) is 2.47. The summed E-state index contributed by atoms with van der Waals surface area (Å²) in [5, 5.41) is 12.3. The van der Waals surface area contributed by atoms with E-state index in [4.69, 9.17) is 4.74 Å². The molecule has 4 nitrogen and oxygen atoms in total. The maximum atomic E-state index is 13.0. The monoisotopic (exact) mass is 289 g/mol. The minimum absolute atomic E-state index is 0.0877. The maximum absolute atomic E-state index is 13.0. The second kappa shape index (κ2) is 6.74. The second-order valence-corrected chi connectivity index (χ2v) is 4.52. The van der Waals surface area contributed by atoms with E-state index in [-0.39, 0.29) is 17.5 Å². The van der Waals surface area contributed by atoms with Crippen molar-refractivity contribution < 1.29 is 19.0 Å². The van der Waals surface area contributed by atoms with Crippen molar-refractivity contribution in [3.05, 3.63) is 59.4 Å². The van der Waals surface area contributed by atoms with Gasteiger partial charge in [0.2, 0.25) is 0 Å². The van der Waals surface area contributed by atoms with Gasteiger partial charge in [-0.05, 0) is 42.3 Å². The molecule has 2 aromatic carbocycles. The summed E-state index contributed by atoms with van der Waals surface area (Å²) in [6.07, 6.45) is 0.533. The molecule has 110 valence electrons. The van der Waals surface area contributed by atoms with Crippen molar-refractivity contribution in [1.82, 2.24) is 5.32 Å². The number of ether oxygens (including phenoxy) is 1. The Bertz CT molecular complexity index is 643. The number of hydrogen-bond donors (Lipinski definition) is 2. The van der Waals surface area contributed by atoms with E-state index in [9.17, 15) is 14.3 Å². The van der Waals surface area contributed by atoms with Crippen LogP contribution in [0.1, 0.15) is 15.9 Å². The molecule has 0 aromatic heterocycles. The summed E-state index contributed by atoms with van der Waals surface area (Å²) in [4.78, 5) is 11.9. The van der Waals surface area contributed by atoms with Gasteiger partial charge in [0.15, 0.2) is 11.5 Å². The lowest BCUT2D eigenvalue weighted by Crippen LogP contribution is -2.25. The summed E-state index contributed by atoms with van der Waals surface area (Å²) >= 11 is 0. The number of phenolic OH excluding ortho intramolecular Hbond substituents is 1. The third-order valence-electron chi connectivity index (χ3n) is 3.03. The zero-order chi connectivity index (χ0) is 15.2. The van der Waals surface area contributed by atoms with Crippen LogP contribution in [0.5, 0.6) is 11.5 Å². The molecule has 0 spiro atoms. The van der Waals surface area contributed by atoms with Gasteiger partial charge in [0.25, 0.3) is 5.91 Å². The van der Waals surface area contributed by atoms with E-state index in [0.29, 0.717) is 24.3 Å². The van der Waals surface area contributed by atoms with Gasteiger partial charge in [-0.1, -0.05) is 12.1 Å². The van der Waals surface area contributed by atoms with Crippen LogP contribution in [-0.4, -0.2) is 24.7 Å². The molecule has 0 aliphatic heterocycles. The lowest BCUT2D eigenvalue weighted by Gasteiger charge is -2.08. The third-order valence-corrected chi connectivity index (χ3v) is 3.03. The van der Waals surface area contributed by atoms with Crippen LogP contribution < -0.4 is 10.1 Å². The molecule has 1 amide bonds. The number of hydrogen-bond acceptors (Lipinski definition) is 3. The van der Waals surface area contributed by atoms with Gasteiger partial charge < -0.3 is 15.2 Å². The Hall–Kier alpha value is -2.56. The van der Waals surface area contributed by atoms with Crippen molar-refractivity contribution in [3.63, 3.8) is 0 Å². The molecular weight excluding hydrogens is 273 g/mol. The van der Waals surface area contributed by atoms with Crippen molar-refractivity contribution in [3.8, 4) is 11.5 Å². The van der Waals surface area contributed by atoms with Crippen LogP contribution in [-0.2, 0) is 6.42 Å². The zero-order valence-electron chi connectivity index (χ0n) is 11.6. The van der Waals surface area contributed by atoms with Crippen LogP contribution in [0.3, 0.4) is 0 Å². The molecule has 0 saturated carbocycles. The fourth-order valence-electron chi connectivity index (χ4n) is 1.95. The van der Waals surface area contributed by atoms with Gasteiger partial charge in [-0.25, -0.2) is 4.39 Å². The summed E-state index contributed by atoms with van der Waals surface area (Å²) < 4.78 is 17.9. The Morgan fingerprint density at radius 1 is 1.29 bits per heavy atom. The minimum Gasteiger partial charge on any atom is -0.504 e. The SMILES string of the molecule is COc1ccc(C(=O)NCCc2cccc(F)c2)cc1O. The summed E-state index contributed by atoms with van der Waals surface area (Å²) in [7, 11) is 1.44. The number of phenols is 1. The normalized spacial score (nSPS) is 10.2. The Morgan fingerprint density at radius 3 is 2.76 bits per heavy atom. The quantitative estimate of drug-likeness (QED) is 0.889. The number of benzene rings is 2. The molecular formula is C16H16FNO3. The molecule has 0 aliphatic carbocycles. The van der Waals surface area contributed by atoms with E-state index in [1.54, 1.807) is 18.2 Å². The first kappa shape index (κ1) is 14.8. The van der Waals surface area contributed by atoms with E-state index in [1.165, 1.54) is 31.4 Å². The first-order valence-corrected chi connectivity index (χ1v) is 6.50. The predicted octanol–water partition coefficient (Wildman–Crippen LogP) is 2.51. The number of carbonyl (C=O) groups excluding carboxylic acids is 1. The molecule has 0 heterocycles. The number of rotatable bonds is 5. The Morgan fingerprint density at radius 2 is 2.10 bits per heavy atom. The number of amides is 1. The van der Waals surface area contributed by atoms with Crippen LogP contribution in [0.4, 0.5) is 4.39 Å². The summed E-state index contributed by atoms with van der Waals surface area (Å²) in [6, 6.07) is 10.7. The van der Waals surface area contributed by atoms with E-state index in [0.717, 1.165) is 5.56 Å². The molecule has 0 aliphatic rings. The van der Waals surface area contributed by atoms with E-state index < -0.39 is 0 Å². The van der Waals surface area contributed by atoms with Crippen LogP contribution in [0.25, 0.3) is 0 Å². The molecule has 2 aromatic rings. The predicted molar refractivity (Wildman–Crippen MR) is 77.1 cm³/mol. The molecule has 0 atom stereocenters. The maximum Gasteiger partial charge on any atom is 0.251 e. The molecule has 0 fully saturated rings. The van der Waals surface area contributed by atoms with Gasteiger partial charge >= 0.3 is 0 Å². The highest BCUT2D eigenvalue weighted by atomic mass is 19.1. The van der Waals surface area contributed by atoms with Crippen molar-refractivity contribution in [2.24, 2.45) is 0 Å². The molecule has 0 unspecified atom stereocenters. The lowest BCUT2D eigenvalue weighted by atomic mass is 10.1. The second-order valence-electron chi connectivity index (χ2n) is 4.52. The lowest BCUT2D eigenvalue weighted by molar-refractivity contribution is 0.0953. The van der Waals surface area contributed by atoms with Crippen molar-refractivity contribution in [2.75, 3.05) is 13.7 Å². The van der Waals surface area contributed by atoms with Crippen LogP contribution in [0, 0.1) is 5.82 Å². The van der Waals surface area contributed by atoms with Gasteiger partial charge in [-0.3, -0.25) is 4.79 Å². The standard InChI is InChI=1S/C16H16FNO3/c1-21-15-6-5-12(10-14(15)19)16(20)18-8-7-11-3-2-4-13(17)9-11/h2-6,9-10,19H,7-8H2,1H3,(H,18,20). The molecule has 0 saturated heterocycles. The number of methoxy groups -OCH3 is 1. The summed E-state index contributed by atoms with van der Waals surface area (Å²) in [6.45, 7) is 0.384. The topological polar surface area (TPSA) is 58.6 Å². The molecule has 0 bridgehead atoms. The summed E-state index contributed by atoms with van der Waals surface area (Å²) in [5.74, 6) is -0.371. The number of aromatic hydroxyl groups is 1. The highest BCUT2D eigenvalue weighted by Crippen LogP contribution is 2.26. The van der Waals surface area contributed by atoms with Crippen molar-refractivity contribution in [1.29, 1.82) is 0 Å². The number of carbonyl (C=O) groups is 1. The first-order valence-electron chi connectivity index (χ1n) is 6.50. The molecule has 2 N–H and O–H groups in total. The van der Waals surface area contributed by atoms with E-state index >= 15 is 0 Å². The van der Waals surface area contributed by atoms with Crippen LogP contribution in [0.15, 0.2) is 42.5 Å². The molecule has 2 rings (SSSR count). The largest absolute Gasteiger partial charge is 0.504 e. The van der Waals surface area contributed by atoms with Crippen molar-refractivity contribution in [2.45, 2.75) is 6.42 Å². The highest BCUT2D eigenvalue weighted by Gasteiger charge is 2.09. The minimum atomic E-state index is -0.302. The van der Waals surface area contributed by atoms with Crippen LogP contribution >= 0.6 is 0 Å². The average molecular weight is 289 g/mol. The van der Waals surface area contributed by atoms with Crippen molar-refractivity contribution >= 4 is 5.91 Å². The Balaban J connectivity index is 1.91. The van der Waals surface area contributed by atoms with Gasteiger partial charge in [0.1, 0.15) is 5.82 Å². The smallest absolute Gasteiger partial charge is 0.251 e. The van der Waals surface area contributed by atoms with Gasteiger partial charge in [0, 0.05) is 12.1 Å². The number of nitrogens with one attached hydrogen (secondary N) is 1. The fraction of sp³-hybridized carbons (Fsp3) is 0.188. The molecule has 21 heavy (non-hydrogen) atoms. The number of halogens is 1. The van der Waals surface area contributed by atoms with E-state index in [2.05, 4.69) is 5.32 Å². The summed E-state index contributed by atoms with van der Waals surface area (Å²) in [5.41, 5.74) is 1.15. The van der Waals surface area contributed by atoms with Gasteiger partial charge in [0.05, 0.1) is 7.11 Å². The first-order chi connectivity index (χ1) is 10.1. The highest BCUT2D eigenvalue weighted by molar-refractivity contribution is 5.94. The Labute approximate surface area is 122 Å². The van der Waals surface area contributed by atoms with Gasteiger partial charge in [-0.2, -0.15) is 0 Å². The third kappa shape index (κ3) is 3.95. The zero-order valence-corrected chi connectivity index (χ0v) is 11.6. The van der Waals surface area contributed by atoms with Crippen LogP contribution in [0.2, 0.25) is 0 Å².